The number of nitrogens with one attached hydrogen (secondary N) is 2. The molecule has 0 fully saturated rings. The smallest absolute Gasteiger partial charge is 0.263 e. The summed E-state index contributed by atoms with van der Waals surface area (Å²) < 4.78 is 33.4. The van der Waals surface area contributed by atoms with Crippen molar-refractivity contribution < 1.29 is 17.9 Å². The molecule has 2 N–H and O–H groups in total. The Labute approximate surface area is 187 Å². The molecule has 0 aliphatic carbocycles. The van der Waals surface area contributed by atoms with E-state index in [0.717, 1.165) is 16.9 Å². The molecule has 0 saturated carbocycles. The lowest BCUT2D eigenvalue weighted by atomic mass is 10.1. The number of methoxy groups -OCH3 is 1. The highest BCUT2D eigenvalue weighted by Gasteiger charge is 2.21. The average Bonchev–Trinajstić information content (AvgIpc) is 2.76. The Bertz CT molecular complexity index is 1180. The zero-order valence-corrected chi connectivity index (χ0v) is 18.8. The molecule has 0 heterocycles. The Kier molecular flexibility index (Phi) is 7.20. The molecule has 162 valence electrons. The predicted octanol–water partition coefficient (Wildman–Crippen LogP) is 4.43. The van der Waals surface area contributed by atoms with E-state index in [4.69, 9.17) is 16.3 Å². The number of anilines is 1. The lowest BCUT2D eigenvalue weighted by molar-refractivity contribution is 0.0954. The van der Waals surface area contributed by atoms with Crippen molar-refractivity contribution in [2.45, 2.75) is 18.2 Å². The van der Waals surface area contributed by atoms with Gasteiger partial charge in [-0.25, -0.2) is 8.42 Å². The number of halogens is 1. The van der Waals surface area contributed by atoms with Crippen molar-refractivity contribution in [2.24, 2.45) is 0 Å². The molecule has 0 saturated heterocycles. The van der Waals surface area contributed by atoms with Crippen LogP contribution in [-0.2, 0) is 16.4 Å². The third-order valence-electron chi connectivity index (χ3n) is 4.73. The quantitative estimate of drug-likeness (QED) is 0.523. The van der Waals surface area contributed by atoms with Crippen molar-refractivity contribution in [1.29, 1.82) is 0 Å². The monoisotopic (exact) mass is 458 g/mol. The van der Waals surface area contributed by atoms with E-state index in [9.17, 15) is 13.2 Å². The molecule has 0 radical (unpaired) electrons. The van der Waals surface area contributed by atoms with Gasteiger partial charge in [0, 0.05) is 12.1 Å². The van der Waals surface area contributed by atoms with Crippen LogP contribution < -0.4 is 14.8 Å². The molecule has 8 heteroatoms. The normalized spacial score (nSPS) is 11.1. The molecule has 3 rings (SSSR count). The Morgan fingerprint density at radius 1 is 1.03 bits per heavy atom. The van der Waals surface area contributed by atoms with Gasteiger partial charge in [0.15, 0.2) is 0 Å². The molecule has 0 aromatic heterocycles. The number of hydrogen-bond donors (Lipinski definition) is 2. The predicted molar refractivity (Wildman–Crippen MR) is 122 cm³/mol. The van der Waals surface area contributed by atoms with Gasteiger partial charge < -0.3 is 10.1 Å². The molecule has 0 atom stereocenters. The number of para-hydroxylation sites is 1. The maximum atomic E-state index is 12.9. The number of aryl methyl sites for hydroxylation is 1. The molecular formula is C23H23ClN2O4S. The molecule has 3 aromatic carbocycles. The number of sulfonamides is 1. The summed E-state index contributed by atoms with van der Waals surface area (Å²) in [6.45, 7) is 2.20. The van der Waals surface area contributed by atoms with Gasteiger partial charge in [-0.05, 0) is 60.9 Å². The third-order valence-corrected chi connectivity index (χ3v) is 6.58. The summed E-state index contributed by atoms with van der Waals surface area (Å²) >= 11 is 6.14. The molecule has 31 heavy (non-hydrogen) atoms. The average molecular weight is 459 g/mol. The zero-order valence-electron chi connectivity index (χ0n) is 17.2. The summed E-state index contributed by atoms with van der Waals surface area (Å²) in [5, 5.41) is 2.84. The second kappa shape index (κ2) is 9.85. The summed E-state index contributed by atoms with van der Waals surface area (Å²) in [6, 6.07) is 18.8. The van der Waals surface area contributed by atoms with Crippen LogP contribution in [0.25, 0.3) is 0 Å². The number of amides is 1. The molecule has 0 bridgehead atoms. The lowest BCUT2D eigenvalue weighted by Crippen LogP contribution is -2.26. The number of benzene rings is 3. The van der Waals surface area contributed by atoms with Crippen LogP contribution in [0.2, 0.25) is 5.02 Å². The minimum Gasteiger partial charge on any atom is -0.497 e. The van der Waals surface area contributed by atoms with Crippen LogP contribution in [-0.4, -0.2) is 28.0 Å². The summed E-state index contributed by atoms with van der Waals surface area (Å²) in [5.74, 6) is 0.388. The first-order chi connectivity index (χ1) is 14.8. The van der Waals surface area contributed by atoms with Crippen LogP contribution in [0.5, 0.6) is 5.75 Å². The minimum atomic E-state index is -3.97. The Morgan fingerprint density at radius 3 is 2.42 bits per heavy atom. The number of rotatable bonds is 8. The van der Waals surface area contributed by atoms with Crippen LogP contribution in [0.3, 0.4) is 0 Å². The number of hydrogen-bond acceptors (Lipinski definition) is 4. The molecule has 0 unspecified atom stereocenters. The van der Waals surface area contributed by atoms with Gasteiger partial charge in [-0.3, -0.25) is 9.52 Å². The van der Waals surface area contributed by atoms with Gasteiger partial charge in [0.25, 0.3) is 15.9 Å². The van der Waals surface area contributed by atoms with Crippen molar-refractivity contribution in [2.75, 3.05) is 18.4 Å². The molecule has 0 spiro atoms. The highest BCUT2D eigenvalue weighted by atomic mass is 35.5. The van der Waals surface area contributed by atoms with Crippen molar-refractivity contribution in [3.05, 3.63) is 88.4 Å². The molecule has 0 aliphatic rings. The van der Waals surface area contributed by atoms with Crippen LogP contribution in [0, 0.1) is 6.92 Å². The fourth-order valence-corrected chi connectivity index (χ4v) is 4.61. The van der Waals surface area contributed by atoms with Gasteiger partial charge in [-0.2, -0.15) is 0 Å². The highest BCUT2D eigenvalue weighted by molar-refractivity contribution is 7.92. The molecular weight excluding hydrogens is 436 g/mol. The summed E-state index contributed by atoms with van der Waals surface area (Å²) in [6.07, 6.45) is 0.628. The summed E-state index contributed by atoms with van der Waals surface area (Å²) in [4.78, 5) is 12.4. The highest BCUT2D eigenvalue weighted by Crippen LogP contribution is 2.26. The fourth-order valence-electron chi connectivity index (χ4n) is 2.95. The first-order valence-electron chi connectivity index (χ1n) is 9.59. The molecule has 1 amide bonds. The first kappa shape index (κ1) is 22.7. The van der Waals surface area contributed by atoms with E-state index >= 15 is 0 Å². The maximum absolute atomic E-state index is 12.9. The van der Waals surface area contributed by atoms with Crippen LogP contribution in [0.15, 0.2) is 71.6 Å². The van der Waals surface area contributed by atoms with E-state index in [0.29, 0.717) is 18.7 Å². The van der Waals surface area contributed by atoms with E-state index in [-0.39, 0.29) is 21.4 Å². The Balaban J connectivity index is 1.70. The number of ether oxygens (including phenoxy) is 1. The standard InChI is InChI=1S/C23H23ClN2O4S/c1-16-5-3-4-6-21(16)26-31(28,29)22-15-18(9-12-20(22)24)23(27)25-14-13-17-7-10-19(30-2)11-8-17/h3-12,15,26H,13-14H2,1-2H3,(H,25,27). The Morgan fingerprint density at radius 2 is 1.74 bits per heavy atom. The zero-order chi connectivity index (χ0) is 22.4. The van der Waals surface area contributed by atoms with Gasteiger partial charge in [0.2, 0.25) is 0 Å². The molecule has 6 nitrogen and oxygen atoms in total. The molecule has 0 aliphatic heterocycles. The van der Waals surface area contributed by atoms with Crippen molar-refractivity contribution >= 4 is 33.2 Å². The van der Waals surface area contributed by atoms with Crippen molar-refractivity contribution in [1.82, 2.24) is 5.32 Å². The van der Waals surface area contributed by atoms with Crippen LogP contribution in [0.1, 0.15) is 21.5 Å². The third kappa shape index (κ3) is 5.77. The van der Waals surface area contributed by atoms with E-state index in [2.05, 4.69) is 10.0 Å². The number of carbonyl (C=O) groups excluding carboxylic acids is 1. The number of carbonyl (C=O) groups is 1. The first-order valence-corrected chi connectivity index (χ1v) is 11.5. The topological polar surface area (TPSA) is 84.5 Å². The summed E-state index contributed by atoms with van der Waals surface area (Å²) in [7, 11) is -2.36. The summed E-state index contributed by atoms with van der Waals surface area (Å²) in [5.41, 5.74) is 2.48. The van der Waals surface area contributed by atoms with Crippen LogP contribution >= 0.6 is 11.6 Å². The Hall–Kier alpha value is -3.03. The molecule has 3 aromatic rings. The maximum Gasteiger partial charge on any atom is 0.263 e. The van der Waals surface area contributed by atoms with E-state index < -0.39 is 10.0 Å². The van der Waals surface area contributed by atoms with Gasteiger partial charge in [-0.15, -0.1) is 0 Å². The van der Waals surface area contributed by atoms with E-state index in [1.54, 1.807) is 32.2 Å². The van der Waals surface area contributed by atoms with E-state index in [1.165, 1.54) is 18.2 Å². The second-order valence-corrected chi connectivity index (χ2v) is 8.98. The lowest BCUT2D eigenvalue weighted by Gasteiger charge is -2.13. The van der Waals surface area contributed by atoms with Gasteiger partial charge >= 0.3 is 0 Å². The van der Waals surface area contributed by atoms with Crippen molar-refractivity contribution in [3.8, 4) is 5.75 Å². The second-order valence-electron chi connectivity index (χ2n) is 6.92. The van der Waals surface area contributed by atoms with Gasteiger partial charge in [-0.1, -0.05) is 41.9 Å². The van der Waals surface area contributed by atoms with Gasteiger partial charge in [0.1, 0.15) is 10.6 Å². The van der Waals surface area contributed by atoms with Crippen molar-refractivity contribution in [3.63, 3.8) is 0 Å². The SMILES string of the molecule is COc1ccc(CCNC(=O)c2ccc(Cl)c(S(=O)(=O)Nc3ccccc3C)c2)cc1. The minimum absolute atomic E-state index is 0.0378. The van der Waals surface area contributed by atoms with Crippen LogP contribution in [0.4, 0.5) is 5.69 Å². The van der Waals surface area contributed by atoms with E-state index in [1.807, 2.05) is 30.3 Å². The van der Waals surface area contributed by atoms with Gasteiger partial charge in [0.05, 0.1) is 17.8 Å². The fraction of sp³-hybridized carbons (Fsp3) is 0.174. The largest absolute Gasteiger partial charge is 0.497 e.